The molecule has 0 aliphatic heterocycles. The number of fused-ring (bicyclic) bond motifs is 1. The molecule has 0 radical (unpaired) electrons. The van der Waals surface area contributed by atoms with Gasteiger partial charge in [-0.3, -0.25) is 4.79 Å². The molecule has 3 aromatic carbocycles. The molecule has 0 bridgehead atoms. The van der Waals surface area contributed by atoms with Gasteiger partial charge in [-0.2, -0.15) is 9.78 Å². The van der Waals surface area contributed by atoms with Crippen LogP contribution in [0.5, 0.6) is 0 Å². The van der Waals surface area contributed by atoms with Gasteiger partial charge in [0.25, 0.3) is 5.91 Å². The van der Waals surface area contributed by atoms with Crippen molar-refractivity contribution in [3.05, 3.63) is 105 Å². The van der Waals surface area contributed by atoms with Crippen molar-refractivity contribution in [1.29, 1.82) is 0 Å². The number of carbonyl (C=O) groups excluding carboxylic acids is 1. The summed E-state index contributed by atoms with van der Waals surface area (Å²) in [4.78, 5) is 17.8. The summed E-state index contributed by atoms with van der Waals surface area (Å²) in [7, 11) is 0. The third-order valence-electron chi connectivity index (χ3n) is 5.24. The van der Waals surface area contributed by atoms with Crippen molar-refractivity contribution in [2.45, 2.75) is 13.5 Å². The molecule has 0 aliphatic carbocycles. The number of aromatic nitrogens is 4. The van der Waals surface area contributed by atoms with Crippen molar-refractivity contribution >= 4 is 50.3 Å². The lowest BCUT2D eigenvalue weighted by atomic mass is 10.2. The highest BCUT2D eigenvalue weighted by molar-refractivity contribution is 9.10. The Kier molecular flexibility index (Phi) is 5.74. The van der Waals surface area contributed by atoms with Crippen LogP contribution in [0.1, 0.15) is 21.6 Å². The van der Waals surface area contributed by atoms with Crippen molar-refractivity contribution < 1.29 is 4.79 Å². The van der Waals surface area contributed by atoms with E-state index in [1.54, 1.807) is 16.8 Å². The van der Waals surface area contributed by atoms with E-state index in [-0.39, 0.29) is 5.91 Å². The Hall–Kier alpha value is -3.42. The van der Waals surface area contributed by atoms with Crippen molar-refractivity contribution in [3.63, 3.8) is 0 Å². The predicted molar refractivity (Wildman–Crippen MR) is 134 cm³/mol. The smallest absolute Gasteiger partial charge is 0.256 e. The van der Waals surface area contributed by atoms with Crippen LogP contribution >= 0.6 is 27.5 Å². The van der Waals surface area contributed by atoms with Gasteiger partial charge in [0.05, 0.1) is 23.3 Å². The average molecular weight is 521 g/mol. The molecular weight excluding hydrogens is 502 g/mol. The second-order valence-electron chi connectivity index (χ2n) is 7.66. The average Bonchev–Trinajstić information content (AvgIpc) is 3.35. The lowest BCUT2D eigenvalue weighted by Crippen LogP contribution is -2.17. The summed E-state index contributed by atoms with van der Waals surface area (Å²) in [6, 6.07) is 24.7. The number of rotatable bonds is 5. The molecule has 6 nitrogen and oxygen atoms in total. The second kappa shape index (κ2) is 8.84. The molecule has 5 rings (SSSR count). The summed E-state index contributed by atoms with van der Waals surface area (Å²) in [5.74, 6) is 0.937. The number of carbonyl (C=O) groups is 1. The first-order valence-corrected chi connectivity index (χ1v) is 11.5. The van der Waals surface area contributed by atoms with Gasteiger partial charge in [0.1, 0.15) is 5.82 Å². The van der Waals surface area contributed by atoms with E-state index in [0.29, 0.717) is 28.9 Å². The summed E-state index contributed by atoms with van der Waals surface area (Å²) in [6.45, 7) is 2.46. The molecule has 5 aromatic rings. The highest BCUT2D eigenvalue weighted by Crippen LogP contribution is 2.25. The maximum atomic E-state index is 12.9. The molecule has 0 atom stereocenters. The maximum absolute atomic E-state index is 12.9. The first-order valence-electron chi connectivity index (χ1n) is 10.3. The van der Waals surface area contributed by atoms with E-state index in [9.17, 15) is 4.79 Å². The number of imidazole rings is 1. The van der Waals surface area contributed by atoms with Crippen LogP contribution in [0.4, 0.5) is 5.82 Å². The number of nitrogens with one attached hydrogen (secondary N) is 1. The zero-order valence-corrected chi connectivity index (χ0v) is 20.0. The number of halogens is 2. The number of amides is 1. The number of hydrogen-bond donors (Lipinski definition) is 1. The van der Waals surface area contributed by atoms with E-state index in [4.69, 9.17) is 16.6 Å². The van der Waals surface area contributed by atoms with Crippen LogP contribution in [-0.2, 0) is 6.54 Å². The predicted octanol–water partition coefficient (Wildman–Crippen LogP) is 6.25. The second-order valence-corrected chi connectivity index (χ2v) is 9.01. The van der Waals surface area contributed by atoms with E-state index in [2.05, 4.69) is 30.9 Å². The third kappa shape index (κ3) is 4.42. The van der Waals surface area contributed by atoms with E-state index in [1.165, 1.54) is 0 Å². The molecule has 0 aliphatic rings. The molecule has 0 saturated heterocycles. The van der Waals surface area contributed by atoms with Crippen molar-refractivity contribution in [1.82, 2.24) is 19.3 Å². The first kappa shape index (κ1) is 21.4. The van der Waals surface area contributed by atoms with Crippen molar-refractivity contribution in [2.24, 2.45) is 0 Å². The molecule has 0 unspecified atom stereocenters. The van der Waals surface area contributed by atoms with Crippen LogP contribution < -0.4 is 5.32 Å². The Morgan fingerprint density at radius 2 is 1.82 bits per heavy atom. The monoisotopic (exact) mass is 519 g/mol. The highest BCUT2D eigenvalue weighted by Gasteiger charge is 2.19. The molecule has 1 amide bonds. The number of para-hydroxylation sites is 2. The fourth-order valence-corrected chi connectivity index (χ4v) is 4.24. The van der Waals surface area contributed by atoms with Gasteiger partial charge in [0.15, 0.2) is 0 Å². The van der Waals surface area contributed by atoms with Crippen LogP contribution in [0.25, 0.3) is 17.0 Å². The van der Waals surface area contributed by atoms with E-state index in [1.807, 2.05) is 73.7 Å². The third-order valence-corrected chi connectivity index (χ3v) is 5.98. The Balaban J connectivity index is 1.58. The Morgan fingerprint density at radius 1 is 1.03 bits per heavy atom. The SMILES string of the molecule is Cc1cc(NC(=O)c2cccc(Br)c2)n(-c2nc3ccccc3n2Cc2ccc(Cl)cc2)n1. The fraction of sp³-hybridized carbons (Fsp3) is 0.0800. The summed E-state index contributed by atoms with van der Waals surface area (Å²) in [6.07, 6.45) is 0. The van der Waals surface area contributed by atoms with Crippen LogP contribution in [0.2, 0.25) is 5.02 Å². The quantitative estimate of drug-likeness (QED) is 0.298. The van der Waals surface area contributed by atoms with Gasteiger partial charge >= 0.3 is 0 Å². The number of aryl methyl sites for hydroxylation is 1. The standard InChI is InChI=1S/C25H19BrClN5O/c1-16-13-23(29-24(33)18-5-4-6-19(26)14-18)32(30-16)25-28-21-7-2-3-8-22(21)31(25)15-17-9-11-20(27)12-10-17/h2-14H,15H2,1H3,(H,29,33). The molecule has 1 N–H and O–H groups in total. The van der Waals surface area contributed by atoms with Crippen LogP contribution in [-0.4, -0.2) is 25.2 Å². The number of nitrogens with zero attached hydrogens (tertiary/aromatic N) is 4. The van der Waals surface area contributed by atoms with Gasteiger partial charge in [-0.25, -0.2) is 4.98 Å². The van der Waals surface area contributed by atoms with E-state index in [0.717, 1.165) is 26.8 Å². The molecule has 8 heteroatoms. The van der Waals surface area contributed by atoms with Gasteiger partial charge < -0.3 is 9.88 Å². The summed E-state index contributed by atoms with van der Waals surface area (Å²) in [5, 5.41) is 8.32. The Labute approximate surface area is 204 Å². The number of hydrogen-bond acceptors (Lipinski definition) is 3. The van der Waals surface area contributed by atoms with Gasteiger partial charge in [-0.1, -0.05) is 57.9 Å². The summed E-state index contributed by atoms with van der Waals surface area (Å²) >= 11 is 9.49. The molecule has 0 saturated carbocycles. The van der Waals surface area contributed by atoms with Gasteiger partial charge in [0.2, 0.25) is 5.95 Å². The molecule has 2 heterocycles. The maximum Gasteiger partial charge on any atom is 0.256 e. The zero-order chi connectivity index (χ0) is 22.9. The molecule has 2 aromatic heterocycles. The topological polar surface area (TPSA) is 64.7 Å². The molecule has 0 spiro atoms. The number of benzene rings is 3. The minimum atomic E-state index is -0.224. The van der Waals surface area contributed by atoms with Crippen LogP contribution in [0.3, 0.4) is 0 Å². The Bertz CT molecular complexity index is 1470. The van der Waals surface area contributed by atoms with Gasteiger partial charge in [-0.15, -0.1) is 0 Å². The fourth-order valence-electron chi connectivity index (χ4n) is 3.71. The van der Waals surface area contributed by atoms with Crippen molar-refractivity contribution in [3.8, 4) is 5.95 Å². The lowest BCUT2D eigenvalue weighted by molar-refractivity contribution is 0.102. The summed E-state index contributed by atoms with van der Waals surface area (Å²) in [5.41, 5.74) is 4.21. The van der Waals surface area contributed by atoms with Gasteiger partial charge in [-0.05, 0) is 55.0 Å². The van der Waals surface area contributed by atoms with E-state index >= 15 is 0 Å². The minimum Gasteiger partial charge on any atom is -0.306 e. The summed E-state index contributed by atoms with van der Waals surface area (Å²) < 4.78 is 4.60. The van der Waals surface area contributed by atoms with Gasteiger partial charge in [0, 0.05) is 21.1 Å². The largest absolute Gasteiger partial charge is 0.306 e. The van der Waals surface area contributed by atoms with Crippen LogP contribution in [0, 0.1) is 6.92 Å². The molecule has 0 fully saturated rings. The highest BCUT2D eigenvalue weighted by atomic mass is 79.9. The number of anilines is 1. The molecule has 33 heavy (non-hydrogen) atoms. The molecular formula is C25H19BrClN5O. The van der Waals surface area contributed by atoms with Crippen molar-refractivity contribution in [2.75, 3.05) is 5.32 Å². The first-order chi connectivity index (χ1) is 16.0. The van der Waals surface area contributed by atoms with E-state index < -0.39 is 0 Å². The molecule has 164 valence electrons. The normalized spacial score (nSPS) is 11.1. The lowest BCUT2D eigenvalue weighted by Gasteiger charge is -2.12. The zero-order valence-electron chi connectivity index (χ0n) is 17.7. The minimum absolute atomic E-state index is 0.224. The van der Waals surface area contributed by atoms with Crippen LogP contribution in [0.15, 0.2) is 83.3 Å². The Morgan fingerprint density at radius 3 is 2.61 bits per heavy atom.